The second-order valence-electron chi connectivity index (χ2n) is 3.82. The van der Waals surface area contributed by atoms with E-state index in [4.69, 9.17) is 4.74 Å². The average Bonchev–Trinajstić information content (AvgIpc) is 2.55. The van der Waals surface area contributed by atoms with Gasteiger partial charge in [0.05, 0.1) is 0 Å². The van der Waals surface area contributed by atoms with Crippen LogP contribution in [0.5, 0.6) is 0 Å². The van der Waals surface area contributed by atoms with Crippen molar-refractivity contribution in [3.8, 4) is 0 Å². The smallest absolute Gasteiger partial charge is 0.0498 e. The van der Waals surface area contributed by atoms with Gasteiger partial charge in [0.1, 0.15) is 0 Å². The van der Waals surface area contributed by atoms with Gasteiger partial charge in [-0.15, -0.1) is 0 Å². The Morgan fingerprint density at radius 1 is 1.36 bits per heavy atom. The van der Waals surface area contributed by atoms with Crippen LogP contribution in [0.1, 0.15) is 19.8 Å². The molecule has 2 heterocycles. The fourth-order valence-electron chi connectivity index (χ4n) is 2.41. The van der Waals surface area contributed by atoms with E-state index in [0.717, 1.165) is 31.1 Å². The van der Waals surface area contributed by atoms with Crippen molar-refractivity contribution in [2.75, 3.05) is 19.8 Å². The number of nitrogens with one attached hydrogen (secondary N) is 1. The average molecular weight is 155 g/mol. The molecule has 3 unspecified atom stereocenters. The predicted molar refractivity (Wildman–Crippen MR) is 44.5 cm³/mol. The van der Waals surface area contributed by atoms with Crippen molar-refractivity contribution in [1.29, 1.82) is 0 Å². The Bertz CT molecular complexity index is 132. The molecule has 0 spiro atoms. The summed E-state index contributed by atoms with van der Waals surface area (Å²) < 4.78 is 5.39. The standard InChI is InChI=1S/C9H17NO/c1-7-9(2-4-10-7)8-3-5-11-6-8/h7-10H,2-6H2,1H3. The molecule has 1 N–H and O–H groups in total. The van der Waals surface area contributed by atoms with Gasteiger partial charge < -0.3 is 10.1 Å². The Morgan fingerprint density at radius 2 is 2.27 bits per heavy atom. The molecule has 3 atom stereocenters. The van der Waals surface area contributed by atoms with Gasteiger partial charge in [-0.1, -0.05) is 0 Å². The molecule has 0 saturated carbocycles. The summed E-state index contributed by atoms with van der Waals surface area (Å²) in [6.07, 6.45) is 2.64. The van der Waals surface area contributed by atoms with Gasteiger partial charge in [0.25, 0.3) is 0 Å². The maximum Gasteiger partial charge on any atom is 0.0498 e. The maximum absolute atomic E-state index is 5.39. The van der Waals surface area contributed by atoms with Crippen LogP contribution in [-0.4, -0.2) is 25.8 Å². The molecule has 0 aromatic heterocycles. The first-order chi connectivity index (χ1) is 5.38. The lowest BCUT2D eigenvalue weighted by Gasteiger charge is -2.20. The van der Waals surface area contributed by atoms with E-state index in [1.54, 1.807) is 0 Å². The van der Waals surface area contributed by atoms with Crippen molar-refractivity contribution in [2.24, 2.45) is 11.8 Å². The Morgan fingerprint density at radius 3 is 2.82 bits per heavy atom. The molecule has 11 heavy (non-hydrogen) atoms. The van der Waals surface area contributed by atoms with E-state index >= 15 is 0 Å². The minimum atomic E-state index is 0.724. The van der Waals surface area contributed by atoms with Crippen molar-refractivity contribution in [3.05, 3.63) is 0 Å². The molecule has 2 aliphatic rings. The number of rotatable bonds is 1. The van der Waals surface area contributed by atoms with E-state index in [9.17, 15) is 0 Å². The lowest BCUT2D eigenvalue weighted by Crippen LogP contribution is -2.28. The van der Waals surface area contributed by atoms with Crippen molar-refractivity contribution < 1.29 is 4.74 Å². The molecule has 2 aliphatic heterocycles. The highest BCUT2D eigenvalue weighted by Crippen LogP contribution is 2.29. The Balaban J connectivity index is 1.92. The first-order valence-corrected chi connectivity index (χ1v) is 4.69. The highest BCUT2D eigenvalue weighted by molar-refractivity contribution is 4.86. The first kappa shape index (κ1) is 7.56. The second-order valence-corrected chi connectivity index (χ2v) is 3.82. The quantitative estimate of drug-likeness (QED) is 0.610. The zero-order chi connectivity index (χ0) is 7.68. The molecule has 0 radical (unpaired) electrons. The zero-order valence-corrected chi connectivity index (χ0v) is 7.18. The molecule has 0 amide bonds. The molecule has 0 aliphatic carbocycles. The van der Waals surface area contributed by atoms with Crippen molar-refractivity contribution >= 4 is 0 Å². The molecule has 64 valence electrons. The van der Waals surface area contributed by atoms with Crippen LogP contribution in [0.15, 0.2) is 0 Å². The second kappa shape index (κ2) is 3.11. The highest BCUT2D eigenvalue weighted by atomic mass is 16.5. The van der Waals surface area contributed by atoms with Crippen LogP contribution in [-0.2, 0) is 4.74 Å². The van der Waals surface area contributed by atoms with E-state index in [2.05, 4.69) is 12.2 Å². The Kier molecular flexibility index (Phi) is 2.14. The first-order valence-electron chi connectivity index (χ1n) is 4.69. The van der Waals surface area contributed by atoms with Gasteiger partial charge in [-0.05, 0) is 38.1 Å². The van der Waals surface area contributed by atoms with Crippen LogP contribution in [0.3, 0.4) is 0 Å². The van der Waals surface area contributed by atoms with Gasteiger partial charge in [0, 0.05) is 19.3 Å². The van der Waals surface area contributed by atoms with Crippen LogP contribution in [0.25, 0.3) is 0 Å². The minimum Gasteiger partial charge on any atom is -0.381 e. The monoisotopic (exact) mass is 155 g/mol. The molecule has 2 rings (SSSR count). The van der Waals surface area contributed by atoms with Crippen LogP contribution >= 0.6 is 0 Å². The summed E-state index contributed by atoms with van der Waals surface area (Å²) in [5.41, 5.74) is 0. The topological polar surface area (TPSA) is 21.3 Å². The van der Waals surface area contributed by atoms with E-state index in [1.807, 2.05) is 0 Å². The zero-order valence-electron chi connectivity index (χ0n) is 7.18. The summed E-state index contributed by atoms with van der Waals surface area (Å²) in [6, 6.07) is 0.724. The summed E-state index contributed by atoms with van der Waals surface area (Å²) in [5, 5.41) is 3.49. The van der Waals surface area contributed by atoms with E-state index in [-0.39, 0.29) is 0 Å². The molecular weight excluding hydrogens is 138 g/mol. The van der Waals surface area contributed by atoms with Gasteiger partial charge in [0.15, 0.2) is 0 Å². The van der Waals surface area contributed by atoms with Crippen LogP contribution in [0.2, 0.25) is 0 Å². The van der Waals surface area contributed by atoms with Crippen molar-refractivity contribution in [2.45, 2.75) is 25.8 Å². The fourth-order valence-corrected chi connectivity index (χ4v) is 2.41. The highest BCUT2D eigenvalue weighted by Gasteiger charge is 2.32. The van der Waals surface area contributed by atoms with Gasteiger partial charge in [-0.2, -0.15) is 0 Å². The lowest BCUT2D eigenvalue weighted by atomic mass is 9.86. The summed E-state index contributed by atoms with van der Waals surface area (Å²) in [7, 11) is 0. The van der Waals surface area contributed by atoms with E-state index in [0.29, 0.717) is 0 Å². The summed E-state index contributed by atoms with van der Waals surface area (Å²) in [5.74, 6) is 1.73. The molecule has 2 saturated heterocycles. The van der Waals surface area contributed by atoms with Crippen LogP contribution in [0, 0.1) is 11.8 Å². The largest absolute Gasteiger partial charge is 0.381 e. The SMILES string of the molecule is CC1NCCC1C1CCOC1. The molecule has 0 bridgehead atoms. The number of hydrogen-bond donors (Lipinski definition) is 1. The van der Waals surface area contributed by atoms with Crippen LogP contribution in [0.4, 0.5) is 0 Å². The molecule has 2 nitrogen and oxygen atoms in total. The Labute approximate surface area is 68.3 Å². The molecule has 0 aromatic rings. The molecule has 2 heteroatoms. The lowest BCUT2D eigenvalue weighted by molar-refractivity contribution is 0.169. The van der Waals surface area contributed by atoms with Gasteiger partial charge in [-0.3, -0.25) is 0 Å². The van der Waals surface area contributed by atoms with Gasteiger partial charge in [0.2, 0.25) is 0 Å². The van der Waals surface area contributed by atoms with E-state index in [1.165, 1.54) is 19.4 Å². The molecule has 0 aromatic carbocycles. The summed E-state index contributed by atoms with van der Waals surface area (Å²) >= 11 is 0. The van der Waals surface area contributed by atoms with E-state index < -0.39 is 0 Å². The van der Waals surface area contributed by atoms with Crippen molar-refractivity contribution in [1.82, 2.24) is 5.32 Å². The predicted octanol–water partition coefficient (Wildman–Crippen LogP) is 1.02. The fraction of sp³-hybridized carbons (Fsp3) is 1.00. The maximum atomic E-state index is 5.39. The van der Waals surface area contributed by atoms with Gasteiger partial charge >= 0.3 is 0 Å². The number of ether oxygens (including phenoxy) is 1. The molecule has 2 fully saturated rings. The third-order valence-electron chi connectivity index (χ3n) is 3.16. The third-order valence-corrected chi connectivity index (χ3v) is 3.16. The molecular formula is C9H17NO. The van der Waals surface area contributed by atoms with Crippen LogP contribution < -0.4 is 5.32 Å². The summed E-state index contributed by atoms with van der Waals surface area (Å²) in [6.45, 7) is 5.52. The normalized spacial score (nSPS) is 45.0. The number of hydrogen-bond acceptors (Lipinski definition) is 2. The van der Waals surface area contributed by atoms with Gasteiger partial charge in [-0.25, -0.2) is 0 Å². The summed E-state index contributed by atoms with van der Waals surface area (Å²) in [4.78, 5) is 0. The van der Waals surface area contributed by atoms with Crippen molar-refractivity contribution in [3.63, 3.8) is 0 Å². The third kappa shape index (κ3) is 1.42. The Hall–Kier alpha value is -0.0800. The minimum absolute atomic E-state index is 0.724.